The molecule has 0 unspecified atom stereocenters. The van der Waals surface area contributed by atoms with Gasteiger partial charge in [-0.05, 0) is 18.6 Å². The Bertz CT molecular complexity index is 300. The molecule has 7 heteroatoms. The fourth-order valence-corrected chi connectivity index (χ4v) is 1.85. The zero-order valence-electron chi connectivity index (χ0n) is 7.97. The lowest BCUT2D eigenvalue weighted by atomic mass is 10.6. The van der Waals surface area contributed by atoms with Crippen LogP contribution in [0.25, 0.3) is 0 Å². The summed E-state index contributed by atoms with van der Waals surface area (Å²) in [5, 5.41) is 0.775. The van der Waals surface area contributed by atoms with Gasteiger partial charge in [0.15, 0.2) is 5.11 Å². The highest BCUT2D eigenvalue weighted by molar-refractivity contribution is 7.86. The largest absolute Gasteiger partial charge is 0.374 e. The summed E-state index contributed by atoms with van der Waals surface area (Å²) in [6.07, 6.45) is 1.92. The Kier molecular flexibility index (Phi) is 5.66. The first kappa shape index (κ1) is 13.3. The van der Waals surface area contributed by atoms with Crippen LogP contribution in [0, 0.1) is 0 Å². The molecule has 0 rings (SSSR count). The summed E-state index contributed by atoms with van der Waals surface area (Å²) in [6.45, 7) is 5.30. The van der Waals surface area contributed by atoms with E-state index in [0.29, 0.717) is 6.42 Å². The highest BCUT2D eigenvalue weighted by atomic mass is 32.2. The summed E-state index contributed by atoms with van der Waals surface area (Å²) in [6, 6.07) is 0. The third-order valence-corrected chi connectivity index (χ3v) is 2.72. The van der Waals surface area contributed by atoms with E-state index in [2.05, 4.69) is 23.1 Å². The Hall–Kier alpha value is -0.660. The highest BCUT2D eigenvalue weighted by Crippen LogP contribution is 2.01. The molecule has 2 N–H and O–H groups in total. The summed E-state index contributed by atoms with van der Waals surface area (Å²) in [4.78, 5) is 0. The maximum Gasteiger partial charge on any atom is 0.288 e. The van der Waals surface area contributed by atoms with Crippen LogP contribution in [0.4, 0.5) is 0 Å². The Morgan fingerprint density at radius 1 is 1.71 bits per heavy atom. The number of hydrogen-bond acceptors (Lipinski definition) is 4. The molecule has 0 aliphatic carbocycles. The average molecular weight is 238 g/mol. The van der Waals surface area contributed by atoms with Gasteiger partial charge in [0.25, 0.3) is 10.1 Å². The van der Waals surface area contributed by atoms with Gasteiger partial charge in [-0.15, -0.1) is 10.9 Å². The zero-order valence-corrected chi connectivity index (χ0v) is 9.60. The van der Waals surface area contributed by atoms with E-state index in [1.165, 1.54) is 6.08 Å². The Balaban J connectivity index is 4.43. The van der Waals surface area contributed by atoms with Crippen molar-refractivity contribution in [3.8, 4) is 0 Å². The van der Waals surface area contributed by atoms with Crippen LogP contribution in [0.5, 0.6) is 0 Å². The van der Waals surface area contributed by atoms with Gasteiger partial charge in [0, 0.05) is 0 Å². The van der Waals surface area contributed by atoms with Crippen LogP contribution in [0.2, 0.25) is 0 Å². The van der Waals surface area contributed by atoms with Crippen molar-refractivity contribution in [2.75, 3.05) is 12.3 Å². The third-order valence-electron chi connectivity index (χ3n) is 1.20. The standard InChI is InChI=1S/C7H14N2O3S2/c1-3-5-9(7(8)13)12-14(10,11)6-4-2/h3H,1,4-6H2,2H3,(H2,8,13). The lowest BCUT2D eigenvalue weighted by Gasteiger charge is -2.18. The molecule has 0 fully saturated rings. The van der Waals surface area contributed by atoms with Crippen LogP contribution >= 0.6 is 12.2 Å². The fraction of sp³-hybridized carbons (Fsp3) is 0.571. The van der Waals surface area contributed by atoms with E-state index in [1.54, 1.807) is 6.92 Å². The normalized spacial score (nSPS) is 10.9. The molecule has 0 bridgehead atoms. The summed E-state index contributed by atoms with van der Waals surface area (Å²) in [5.74, 6) is -0.0662. The van der Waals surface area contributed by atoms with Gasteiger partial charge in [0.1, 0.15) is 0 Å². The van der Waals surface area contributed by atoms with Crippen LogP contribution in [0.1, 0.15) is 13.3 Å². The molecule has 0 aromatic rings. The number of hydrogen-bond donors (Lipinski definition) is 1. The molecule has 0 aliphatic rings. The molecule has 82 valence electrons. The third kappa shape index (κ3) is 5.15. The van der Waals surface area contributed by atoms with E-state index in [4.69, 9.17) is 5.73 Å². The van der Waals surface area contributed by atoms with Gasteiger partial charge < -0.3 is 5.73 Å². The summed E-state index contributed by atoms with van der Waals surface area (Å²) in [7, 11) is -3.59. The Labute approximate surface area is 89.6 Å². The van der Waals surface area contributed by atoms with E-state index in [-0.39, 0.29) is 17.4 Å². The molecule has 0 spiro atoms. The van der Waals surface area contributed by atoms with E-state index in [1.807, 2.05) is 0 Å². The van der Waals surface area contributed by atoms with Gasteiger partial charge >= 0.3 is 0 Å². The molecule has 0 heterocycles. The van der Waals surface area contributed by atoms with Crippen molar-refractivity contribution in [3.05, 3.63) is 12.7 Å². The summed E-state index contributed by atoms with van der Waals surface area (Å²) < 4.78 is 27.1. The molecule has 0 aliphatic heterocycles. The van der Waals surface area contributed by atoms with E-state index in [9.17, 15) is 8.42 Å². The minimum absolute atomic E-state index is 0.0662. The first-order valence-electron chi connectivity index (χ1n) is 4.03. The van der Waals surface area contributed by atoms with Gasteiger partial charge in [-0.3, -0.25) is 0 Å². The van der Waals surface area contributed by atoms with Crippen LogP contribution in [-0.2, 0) is 14.4 Å². The van der Waals surface area contributed by atoms with Crippen molar-refractivity contribution < 1.29 is 12.7 Å². The average Bonchev–Trinajstić information content (AvgIpc) is 2.02. The highest BCUT2D eigenvalue weighted by Gasteiger charge is 2.16. The second-order valence-corrected chi connectivity index (χ2v) is 4.62. The van der Waals surface area contributed by atoms with Crippen molar-refractivity contribution in [3.63, 3.8) is 0 Å². The van der Waals surface area contributed by atoms with Crippen LogP contribution in [0.15, 0.2) is 12.7 Å². The molecule has 0 saturated carbocycles. The predicted molar refractivity (Wildman–Crippen MR) is 58.9 cm³/mol. The van der Waals surface area contributed by atoms with Gasteiger partial charge in [-0.2, -0.15) is 8.42 Å². The molecule has 0 atom stereocenters. The lowest BCUT2D eigenvalue weighted by molar-refractivity contribution is 0.0417. The smallest absolute Gasteiger partial charge is 0.288 e. The number of rotatable bonds is 6. The quantitative estimate of drug-likeness (QED) is 0.410. The van der Waals surface area contributed by atoms with Crippen LogP contribution in [0.3, 0.4) is 0 Å². The summed E-state index contributed by atoms with van der Waals surface area (Å²) >= 11 is 4.60. The van der Waals surface area contributed by atoms with Crippen molar-refractivity contribution in [1.82, 2.24) is 5.06 Å². The van der Waals surface area contributed by atoms with Gasteiger partial charge in [-0.25, -0.2) is 5.06 Å². The minimum atomic E-state index is -3.59. The second kappa shape index (κ2) is 5.94. The molecule has 0 amide bonds. The Morgan fingerprint density at radius 2 is 2.29 bits per heavy atom. The molecule has 0 radical (unpaired) electrons. The molecule has 5 nitrogen and oxygen atoms in total. The molecular weight excluding hydrogens is 224 g/mol. The zero-order chi connectivity index (χ0) is 11.2. The number of nitrogens with two attached hydrogens (primary N) is 1. The molecule has 0 aromatic carbocycles. The van der Waals surface area contributed by atoms with E-state index >= 15 is 0 Å². The van der Waals surface area contributed by atoms with Crippen molar-refractivity contribution in [2.45, 2.75) is 13.3 Å². The van der Waals surface area contributed by atoms with E-state index in [0.717, 1.165) is 5.06 Å². The van der Waals surface area contributed by atoms with Crippen molar-refractivity contribution in [2.24, 2.45) is 5.73 Å². The molecular formula is C7H14N2O3S2. The molecule has 14 heavy (non-hydrogen) atoms. The van der Waals surface area contributed by atoms with Gasteiger partial charge in [-0.1, -0.05) is 13.0 Å². The Morgan fingerprint density at radius 3 is 2.64 bits per heavy atom. The monoisotopic (exact) mass is 238 g/mol. The number of nitrogens with zero attached hydrogens (tertiary/aromatic N) is 1. The van der Waals surface area contributed by atoms with Gasteiger partial charge in [0.2, 0.25) is 0 Å². The number of hydroxylamine groups is 2. The predicted octanol–water partition coefficient (Wildman–Crippen LogP) is 0.389. The molecule has 0 aromatic heterocycles. The SMILES string of the molecule is C=CCN(OS(=O)(=O)CCC)C(N)=S. The lowest BCUT2D eigenvalue weighted by Crippen LogP contribution is -2.38. The first-order chi connectivity index (χ1) is 6.43. The maximum absolute atomic E-state index is 11.2. The van der Waals surface area contributed by atoms with Crippen molar-refractivity contribution in [1.29, 1.82) is 0 Å². The van der Waals surface area contributed by atoms with Crippen LogP contribution in [-0.4, -0.2) is 30.9 Å². The fourth-order valence-electron chi connectivity index (χ4n) is 0.699. The summed E-state index contributed by atoms with van der Waals surface area (Å²) in [5.41, 5.74) is 5.25. The minimum Gasteiger partial charge on any atom is -0.374 e. The maximum atomic E-state index is 11.2. The second-order valence-electron chi connectivity index (χ2n) is 2.52. The van der Waals surface area contributed by atoms with Gasteiger partial charge in [0.05, 0.1) is 12.3 Å². The number of thiocarbonyl (C=S) groups is 1. The van der Waals surface area contributed by atoms with Crippen molar-refractivity contribution >= 4 is 27.4 Å². The van der Waals surface area contributed by atoms with Crippen LogP contribution < -0.4 is 5.73 Å². The topological polar surface area (TPSA) is 72.6 Å². The van der Waals surface area contributed by atoms with E-state index < -0.39 is 10.1 Å². The molecule has 0 saturated heterocycles. The first-order valence-corrected chi connectivity index (χ1v) is 6.01.